The predicted octanol–water partition coefficient (Wildman–Crippen LogP) is 9.36. The van der Waals surface area contributed by atoms with Crippen LogP contribution in [0.5, 0.6) is 0 Å². The van der Waals surface area contributed by atoms with Crippen LogP contribution in [0.3, 0.4) is 0 Å². The molecule has 0 heterocycles. The molecule has 0 amide bonds. The summed E-state index contributed by atoms with van der Waals surface area (Å²) in [5.74, 6) is 0.476. The molecule has 0 aromatic carbocycles. The fourth-order valence-electron chi connectivity index (χ4n) is 3.30. The Morgan fingerprint density at radius 3 is 2.09 bits per heavy atom. The summed E-state index contributed by atoms with van der Waals surface area (Å²) in [7, 11) is -0.0641. The Bertz CT molecular complexity index is 701. The van der Waals surface area contributed by atoms with Crippen molar-refractivity contribution in [3.63, 3.8) is 0 Å². The highest BCUT2D eigenvalue weighted by Gasteiger charge is 2.38. The molecular weight excluding hydrogens is 420 g/mol. The van der Waals surface area contributed by atoms with Gasteiger partial charge >= 0.3 is 0 Å². The standard InChI is InChI=1S/C30H52O2Si/c1-12-14-20-26(4)24-28(32-33(10,11)30(6,7)8)22-18-16-15-17-21-25(3)23-27(5)29(31-9)19-13-2/h12-18,23-25,28-29H,2,19-22H2,1,3-11H3/b14-12+,17-15+,18-16+,26-24-,27-23+/t25-,28+,29-/m0/s1. The number of rotatable bonds is 15. The molecule has 0 N–H and O–H groups in total. The van der Waals surface area contributed by atoms with Crippen LogP contribution in [0, 0.1) is 5.92 Å². The fourth-order valence-corrected chi connectivity index (χ4v) is 4.58. The summed E-state index contributed by atoms with van der Waals surface area (Å²) in [6.07, 6.45) is 23.7. The van der Waals surface area contributed by atoms with Gasteiger partial charge < -0.3 is 9.16 Å². The summed E-state index contributed by atoms with van der Waals surface area (Å²) in [6.45, 7) is 24.1. The lowest BCUT2D eigenvalue weighted by Gasteiger charge is -2.38. The molecule has 0 aromatic rings. The lowest BCUT2D eigenvalue weighted by atomic mass is 10.00. The van der Waals surface area contributed by atoms with Crippen molar-refractivity contribution >= 4 is 8.32 Å². The van der Waals surface area contributed by atoms with Crippen molar-refractivity contribution < 1.29 is 9.16 Å². The molecule has 3 heteroatoms. The van der Waals surface area contributed by atoms with Crippen molar-refractivity contribution in [2.75, 3.05) is 7.11 Å². The molecule has 0 spiro atoms. The van der Waals surface area contributed by atoms with Gasteiger partial charge in [0.2, 0.25) is 0 Å². The van der Waals surface area contributed by atoms with Gasteiger partial charge in [0.1, 0.15) is 0 Å². The van der Waals surface area contributed by atoms with Crippen molar-refractivity contribution in [1.29, 1.82) is 0 Å². The fraction of sp³-hybridized carbons (Fsp3) is 0.600. The quantitative estimate of drug-likeness (QED) is 0.134. The maximum absolute atomic E-state index is 6.73. The van der Waals surface area contributed by atoms with Gasteiger partial charge in [0.15, 0.2) is 8.32 Å². The average Bonchev–Trinajstić information content (AvgIpc) is 2.71. The van der Waals surface area contributed by atoms with E-state index < -0.39 is 8.32 Å². The first kappa shape index (κ1) is 31.6. The molecule has 0 bridgehead atoms. The van der Waals surface area contributed by atoms with Crippen LogP contribution in [0.4, 0.5) is 0 Å². The molecule has 0 aliphatic carbocycles. The molecule has 0 unspecified atom stereocenters. The lowest BCUT2D eigenvalue weighted by molar-refractivity contribution is 0.133. The molecule has 0 aromatic heterocycles. The third kappa shape index (κ3) is 13.8. The largest absolute Gasteiger partial charge is 0.410 e. The van der Waals surface area contributed by atoms with Crippen LogP contribution in [0.15, 0.2) is 72.4 Å². The lowest BCUT2D eigenvalue weighted by Crippen LogP contribution is -2.43. The van der Waals surface area contributed by atoms with Crippen molar-refractivity contribution in [2.45, 2.75) is 104 Å². The smallest absolute Gasteiger partial charge is 0.192 e. The number of methoxy groups -OCH3 is 1. The van der Waals surface area contributed by atoms with Crippen LogP contribution < -0.4 is 0 Å². The van der Waals surface area contributed by atoms with E-state index in [0.717, 1.165) is 25.7 Å². The zero-order chi connectivity index (χ0) is 25.5. The minimum atomic E-state index is -1.83. The summed E-state index contributed by atoms with van der Waals surface area (Å²) < 4.78 is 12.3. The Hall–Kier alpha value is -1.42. The monoisotopic (exact) mass is 472 g/mol. The van der Waals surface area contributed by atoms with Crippen LogP contribution in [0.2, 0.25) is 18.1 Å². The van der Waals surface area contributed by atoms with Crippen molar-refractivity contribution in [2.24, 2.45) is 5.92 Å². The van der Waals surface area contributed by atoms with Gasteiger partial charge in [0.05, 0.1) is 12.2 Å². The molecule has 0 aliphatic heterocycles. The summed E-state index contributed by atoms with van der Waals surface area (Å²) in [5.41, 5.74) is 2.64. The Balaban J connectivity index is 5.05. The second kappa shape index (κ2) is 16.2. The van der Waals surface area contributed by atoms with E-state index in [1.165, 1.54) is 11.1 Å². The van der Waals surface area contributed by atoms with Gasteiger partial charge in [-0.2, -0.15) is 0 Å². The maximum atomic E-state index is 6.73. The molecule has 0 aliphatic rings. The highest BCUT2D eigenvalue weighted by Crippen LogP contribution is 2.38. The normalized spacial score (nSPS) is 17.3. The molecule has 0 saturated carbocycles. The number of hydrogen-bond acceptors (Lipinski definition) is 2. The van der Waals surface area contributed by atoms with E-state index in [1.54, 1.807) is 7.11 Å². The second-order valence-corrected chi connectivity index (χ2v) is 15.4. The first-order chi connectivity index (χ1) is 15.4. The zero-order valence-corrected chi connectivity index (χ0v) is 24.3. The van der Waals surface area contributed by atoms with Gasteiger partial charge in [-0.25, -0.2) is 0 Å². The van der Waals surface area contributed by atoms with E-state index in [4.69, 9.17) is 9.16 Å². The summed E-state index contributed by atoms with van der Waals surface area (Å²) in [4.78, 5) is 0. The Kier molecular flexibility index (Phi) is 15.5. The van der Waals surface area contributed by atoms with Crippen molar-refractivity contribution in [3.05, 3.63) is 72.4 Å². The number of ether oxygens (including phenoxy) is 1. The molecule has 3 atom stereocenters. The average molecular weight is 473 g/mol. The van der Waals surface area contributed by atoms with Gasteiger partial charge in [-0.05, 0) is 76.1 Å². The first-order valence-corrected chi connectivity index (χ1v) is 15.4. The Morgan fingerprint density at radius 1 is 0.970 bits per heavy atom. The van der Waals surface area contributed by atoms with Gasteiger partial charge in [0.25, 0.3) is 0 Å². The third-order valence-corrected chi connectivity index (χ3v) is 10.9. The Morgan fingerprint density at radius 2 is 1.58 bits per heavy atom. The molecule has 2 nitrogen and oxygen atoms in total. The molecule has 188 valence electrons. The summed E-state index contributed by atoms with van der Waals surface area (Å²) >= 11 is 0. The minimum Gasteiger partial charge on any atom is -0.410 e. The van der Waals surface area contributed by atoms with Gasteiger partial charge in [0, 0.05) is 7.11 Å². The molecular formula is C30H52O2Si. The van der Waals surface area contributed by atoms with Crippen LogP contribution in [-0.4, -0.2) is 27.6 Å². The van der Waals surface area contributed by atoms with Crippen molar-refractivity contribution in [1.82, 2.24) is 0 Å². The van der Waals surface area contributed by atoms with E-state index in [9.17, 15) is 0 Å². The van der Waals surface area contributed by atoms with Gasteiger partial charge in [-0.1, -0.05) is 88.0 Å². The van der Waals surface area contributed by atoms with E-state index in [2.05, 4.69) is 117 Å². The second-order valence-electron chi connectivity index (χ2n) is 10.7. The molecule has 0 fully saturated rings. The summed E-state index contributed by atoms with van der Waals surface area (Å²) in [5, 5.41) is 0.204. The van der Waals surface area contributed by atoms with E-state index in [-0.39, 0.29) is 17.2 Å². The summed E-state index contributed by atoms with van der Waals surface area (Å²) in [6, 6.07) is 0. The highest BCUT2D eigenvalue weighted by molar-refractivity contribution is 6.74. The third-order valence-electron chi connectivity index (χ3n) is 6.38. The number of hydrogen-bond donors (Lipinski definition) is 0. The predicted molar refractivity (Wildman–Crippen MR) is 151 cm³/mol. The molecule has 0 rings (SSSR count). The topological polar surface area (TPSA) is 18.5 Å². The molecule has 33 heavy (non-hydrogen) atoms. The Labute approximate surface area is 207 Å². The molecule has 0 radical (unpaired) electrons. The molecule has 0 saturated heterocycles. The maximum Gasteiger partial charge on any atom is 0.192 e. The SMILES string of the molecule is C=CC[C@H](OC)/C(C)=C/[C@@H](C)C/C=C/C=C/C[C@H](/C=C(/C)C/C=C/C)O[Si](C)(C)C(C)(C)C. The van der Waals surface area contributed by atoms with E-state index in [1.807, 2.05) is 6.08 Å². The van der Waals surface area contributed by atoms with Gasteiger partial charge in [-0.15, -0.1) is 6.58 Å². The number of allylic oxidation sites excluding steroid dienone is 7. The zero-order valence-electron chi connectivity index (χ0n) is 23.3. The van der Waals surface area contributed by atoms with Gasteiger partial charge in [-0.3, -0.25) is 0 Å². The van der Waals surface area contributed by atoms with E-state index in [0.29, 0.717) is 5.92 Å². The van der Waals surface area contributed by atoms with Crippen LogP contribution in [-0.2, 0) is 9.16 Å². The van der Waals surface area contributed by atoms with E-state index >= 15 is 0 Å². The van der Waals surface area contributed by atoms with Crippen LogP contribution >= 0.6 is 0 Å². The first-order valence-electron chi connectivity index (χ1n) is 12.5. The van der Waals surface area contributed by atoms with Crippen molar-refractivity contribution in [3.8, 4) is 0 Å². The van der Waals surface area contributed by atoms with Crippen LogP contribution in [0.1, 0.15) is 74.1 Å². The van der Waals surface area contributed by atoms with Crippen LogP contribution in [0.25, 0.3) is 0 Å². The minimum absolute atomic E-state index is 0.126. The highest BCUT2D eigenvalue weighted by atomic mass is 28.4.